The van der Waals surface area contributed by atoms with Crippen molar-refractivity contribution < 1.29 is 40.7 Å². The first-order chi connectivity index (χ1) is 11.4. The summed E-state index contributed by atoms with van der Waals surface area (Å²) in [6, 6.07) is 0.691. The molecule has 0 saturated heterocycles. The molecule has 0 bridgehead atoms. The predicted octanol–water partition coefficient (Wildman–Crippen LogP) is 3.75. The van der Waals surface area contributed by atoms with Gasteiger partial charge in [-0.3, -0.25) is 9.59 Å². The molecule has 0 unspecified atom stereocenters. The zero-order valence-corrected chi connectivity index (χ0v) is 13.3. The van der Waals surface area contributed by atoms with Gasteiger partial charge in [-0.15, -0.1) is 0 Å². The molecule has 0 saturated carbocycles. The topological polar surface area (TPSA) is 46.6 Å². The molecule has 0 heterocycles. The van der Waals surface area contributed by atoms with Crippen LogP contribution in [0, 0.1) is 0 Å². The number of carbonyl (C=O) groups is 2. The fourth-order valence-corrected chi connectivity index (χ4v) is 1.96. The summed E-state index contributed by atoms with van der Waals surface area (Å²) in [5.74, 6) is -1.55. The predicted molar refractivity (Wildman–Crippen MR) is 74.7 cm³/mol. The second kappa shape index (κ2) is 7.75. The number of alkyl halides is 6. The lowest BCUT2D eigenvalue weighted by Gasteiger charge is -2.19. The van der Waals surface area contributed by atoms with Gasteiger partial charge in [0.1, 0.15) is 0 Å². The van der Waals surface area contributed by atoms with Gasteiger partial charge in [0.2, 0.25) is 0 Å². The van der Waals surface area contributed by atoms with E-state index in [-0.39, 0.29) is 25.5 Å². The monoisotopic (exact) mass is 371 g/mol. The van der Waals surface area contributed by atoms with Gasteiger partial charge in [-0.2, -0.15) is 26.3 Å². The minimum Gasteiger partial charge on any atom is -0.469 e. The highest BCUT2D eigenvalue weighted by atomic mass is 19.4. The Bertz CT molecular complexity index is 607. The van der Waals surface area contributed by atoms with Gasteiger partial charge in [0.15, 0.2) is 0 Å². The highest BCUT2D eigenvalue weighted by Gasteiger charge is 2.37. The van der Waals surface area contributed by atoms with Crippen LogP contribution in [0.1, 0.15) is 34.3 Å². The van der Waals surface area contributed by atoms with E-state index in [1.54, 1.807) is 0 Å². The molecule has 0 spiro atoms. The van der Waals surface area contributed by atoms with Crippen molar-refractivity contribution in [2.45, 2.75) is 25.2 Å². The minimum absolute atomic E-state index is 0.0362. The molecule has 0 fully saturated rings. The molecule has 1 aromatic carbocycles. The van der Waals surface area contributed by atoms with Crippen LogP contribution in [0.3, 0.4) is 0 Å². The smallest absolute Gasteiger partial charge is 0.416 e. The Morgan fingerprint density at radius 2 is 1.48 bits per heavy atom. The summed E-state index contributed by atoms with van der Waals surface area (Å²) < 4.78 is 81.1. The summed E-state index contributed by atoms with van der Waals surface area (Å²) in [4.78, 5) is 24.0. The third-order valence-electron chi connectivity index (χ3n) is 3.28. The molecular weight excluding hydrogens is 356 g/mol. The van der Waals surface area contributed by atoms with Crippen LogP contribution < -0.4 is 0 Å². The van der Waals surface area contributed by atoms with E-state index in [0.717, 1.165) is 4.90 Å². The molecule has 4 nitrogen and oxygen atoms in total. The summed E-state index contributed by atoms with van der Waals surface area (Å²) in [7, 11) is 2.38. The standard InChI is InChI=1S/C15H15F6NO3/c1-22(5-3-4-12(23)25-2)13(24)9-6-10(14(16,17)18)8-11(7-9)15(19,20)21/h6-8H,3-5H2,1-2H3. The van der Waals surface area contributed by atoms with E-state index >= 15 is 0 Å². The molecule has 0 atom stereocenters. The molecule has 1 rings (SSSR count). The second-order valence-electron chi connectivity index (χ2n) is 5.20. The number of methoxy groups -OCH3 is 1. The Hall–Kier alpha value is -2.26. The van der Waals surface area contributed by atoms with Crippen molar-refractivity contribution in [3.05, 3.63) is 34.9 Å². The number of benzene rings is 1. The van der Waals surface area contributed by atoms with Crippen molar-refractivity contribution in [3.63, 3.8) is 0 Å². The van der Waals surface area contributed by atoms with Gasteiger partial charge < -0.3 is 9.64 Å². The Balaban J connectivity index is 3.06. The van der Waals surface area contributed by atoms with Crippen LogP contribution in [-0.2, 0) is 21.9 Å². The number of halogens is 6. The summed E-state index contributed by atoms with van der Waals surface area (Å²) in [6.07, 6.45) is -9.94. The van der Waals surface area contributed by atoms with Gasteiger partial charge in [-0.25, -0.2) is 0 Å². The van der Waals surface area contributed by atoms with E-state index in [0.29, 0.717) is 12.1 Å². The number of nitrogens with zero attached hydrogens (tertiary/aromatic N) is 1. The largest absolute Gasteiger partial charge is 0.469 e. The van der Waals surface area contributed by atoms with E-state index in [2.05, 4.69) is 4.74 Å². The van der Waals surface area contributed by atoms with Crippen LogP contribution in [0.5, 0.6) is 0 Å². The average Bonchev–Trinajstić information content (AvgIpc) is 2.51. The van der Waals surface area contributed by atoms with Crippen LogP contribution in [0.15, 0.2) is 18.2 Å². The average molecular weight is 371 g/mol. The maximum Gasteiger partial charge on any atom is 0.416 e. The second-order valence-corrected chi connectivity index (χ2v) is 5.20. The van der Waals surface area contributed by atoms with Crippen molar-refractivity contribution in [2.75, 3.05) is 20.7 Å². The highest BCUT2D eigenvalue weighted by Crippen LogP contribution is 2.36. The van der Waals surface area contributed by atoms with Crippen molar-refractivity contribution >= 4 is 11.9 Å². The molecule has 10 heteroatoms. The molecule has 25 heavy (non-hydrogen) atoms. The zero-order chi connectivity index (χ0) is 19.4. The zero-order valence-electron chi connectivity index (χ0n) is 13.3. The summed E-state index contributed by atoms with van der Waals surface area (Å²) in [6.45, 7) is -0.0362. The first-order valence-electron chi connectivity index (χ1n) is 6.98. The molecule has 0 aromatic heterocycles. The molecule has 1 aromatic rings. The lowest BCUT2D eigenvalue weighted by Crippen LogP contribution is -2.29. The number of amides is 1. The normalized spacial score (nSPS) is 12.0. The van der Waals surface area contributed by atoms with Crippen molar-refractivity contribution in [1.82, 2.24) is 4.90 Å². The van der Waals surface area contributed by atoms with Crippen LogP contribution in [0.4, 0.5) is 26.3 Å². The molecule has 140 valence electrons. The molecule has 0 aliphatic rings. The number of hydrogen-bond acceptors (Lipinski definition) is 3. The van der Waals surface area contributed by atoms with Crippen molar-refractivity contribution in [1.29, 1.82) is 0 Å². The molecule has 0 radical (unpaired) electrons. The van der Waals surface area contributed by atoms with E-state index in [1.165, 1.54) is 14.2 Å². The fourth-order valence-electron chi connectivity index (χ4n) is 1.96. The first kappa shape index (κ1) is 20.8. The summed E-state index contributed by atoms with van der Waals surface area (Å²) in [5, 5.41) is 0. The lowest BCUT2D eigenvalue weighted by atomic mass is 10.0. The van der Waals surface area contributed by atoms with Gasteiger partial charge in [-0.05, 0) is 24.6 Å². The Morgan fingerprint density at radius 1 is 1.00 bits per heavy atom. The molecular formula is C15H15F6NO3. The Morgan fingerprint density at radius 3 is 1.88 bits per heavy atom. The quantitative estimate of drug-likeness (QED) is 0.585. The fraction of sp³-hybridized carbons (Fsp3) is 0.467. The van der Waals surface area contributed by atoms with Crippen LogP contribution in [0.2, 0.25) is 0 Å². The third kappa shape index (κ3) is 5.95. The Kier molecular flexibility index (Phi) is 6.44. The SMILES string of the molecule is COC(=O)CCCN(C)C(=O)c1cc(C(F)(F)F)cc(C(F)(F)F)c1. The van der Waals surface area contributed by atoms with Crippen molar-refractivity contribution in [3.8, 4) is 0 Å². The van der Waals surface area contributed by atoms with Gasteiger partial charge in [-0.1, -0.05) is 0 Å². The van der Waals surface area contributed by atoms with E-state index in [9.17, 15) is 35.9 Å². The maximum absolute atomic E-state index is 12.8. The number of hydrogen-bond donors (Lipinski definition) is 0. The lowest BCUT2D eigenvalue weighted by molar-refractivity contribution is -0.143. The van der Waals surface area contributed by atoms with E-state index in [4.69, 9.17) is 0 Å². The van der Waals surface area contributed by atoms with Gasteiger partial charge >= 0.3 is 18.3 Å². The first-order valence-corrected chi connectivity index (χ1v) is 6.98. The number of esters is 1. The van der Waals surface area contributed by atoms with E-state index < -0.39 is 40.9 Å². The summed E-state index contributed by atoms with van der Waals surface area (Å²) >= 11 is 0. The van der Waals surface area contributed by atoms with Gasteiger partial charge in [0, 0.05) is 25.6 Å². The highest BCUT2D eigenvalue weighted by molar-refractivity contribution is 5.94. The molecule has 0 aliphatic carbocycles. The van der Waals surface area contributed by atoms with Crippen LogP contribution >= 0.6 is 0 Å². The number of ether oxygens (including phenoxy) is 1. The van der Waals surface area contributed by atoms with Gasteiger partial charge in [0.25, 0.3) is 5.91 Å². The summed E-state index contributed by atoms with van der Waals surface area (Å²) in [5.41, 5.74) is -3.86. The molecule has 0 N–H and O–H groups in total. The number of rotatable bonds is 5. The third-order valence-corrected chi connectivity index (χ3v) is 3.28. The van der Waals surface area contributed by atoms with Crippen LogP contribution in [0.25, 0.3) is 0 Å². The van der Waals surface area contributed by atoms with Crippen molar-refractivity contribution in [2.24, 2.45) is 0 Å². The maximum atomic E-state index is 12.8. The molecule has 0 aliphatic heterocycles. The van der Waals surface area contributed by atoms with Crippen LogP contribution in [-0.4, -0.2) is 37.5 Å². The molecule has 1 amide bonds. The number of carbonyl (C=O) groups excluding carboxylic acids is 2. The van der Waals surface area contributed by atoms with E-state index in [1.807, 2.05) is 0 Å². The Labute approximate surface area is 139 Å². The minimum atomic E-state index is -5.03. The van der Waals surface area contributed by atoms with Gasteiger partial charge in [0.05, 0.1) is 18.2 Å².